The second-order valence-corrected chi connectivity index (χ2v) is 5.75. The Morgan fingerprint density at radius 1 is 1.33 bits per heavy atom. The van der Waals surface area contributed by atoms with Crippen LogP contribution in [0, 0.1) is 11.8 Å². The van der Waals surface area contributed by atoms with Gasteiger partial charge in [-0.05, 0) is 24.7 Å². The number of piperidine rings is 1. The number of nitrogen functional groups attached to an aromatic ring is 1. The summed E-state index contributed by atoms with van der Waals surface area (Å²) in [6.45, 7) is 9.03. The van der Waals surface area contributed by atoms with Crippen LogP contribution in [0.3, 0.4) is 0 Å². The van der Waals surface area contributed by atoms with E-state index in [1.165, 1.54) is 6.42 Å². The fourth-order valence-electron chi connectivity index (χ4n) is 2.84. The zero-order valence-corrected chi connectivity index (χ0v) is 12.1. The van der Waals surface area contributed by atoms with Crippen LogP contribution in [0.25, 0.3) is 0 Å². The summed E-state index contributed by atoms with van der Waals surface area (Å²) in [6, 6.07) is 0. The molecule has 2 unspecified atom stereocenters. The maximum Gasteiger partial charge on any atom is 0.150 e. The lowest BCUT2D eigenvalue weighted by Crippen LogP contribution is -2.39. The van der Waals surface area contributed by atoms with Crippen molar-refractivity contribution in [2.24, 2.45) is 18.9 Å². The summed E-state index contributed by atoms with van der Waals surface area (Å²) >= 11 is 0. The first-order valence-corrected chi connectivity index (χ1v) is 7.10. The molecule has 0 saturated carbocycles. The summed E-state index contributed by atoms with van der Waals surface area (Å²) in [5.74, 6) is 2.66. The Balaban J connectivity index is 2.23. The zero-order valence-electron chi connectivity index (χ0n) is 12.1. The van der Waals surface area contributed by atoms with Crippen molar-refractivity contribution in [3.05, 3.63) is 5.69 Å². The fourth-order valence-corrected chi connectivity index (χ4v) is 2.84. The van der Waals surface area contributed by atoms with Crippen molar-refractivity contribution in [3.63, 3.8) is 0 Å². The molecule has 4 nitrogen and oxygen atoms in total. The molecule has 0 bridgehead atoms. The summed E-state index contributed by atoms with van der Waals surface area (Å²) in [7, 11) is 2.01. The van der Waals surface area contributed by atoms with Crippen molar-refractivity contribution >= 4 is 11.5 Å². The van der Waals surface area contributed by atoms with E-state index in [9.17, 15) is 0 Å². The van der Waals surface area contributed by atoms with Crippen LogP contribution in [0.5, 0.6) is 0 Å². The molecule has 2 heterocycles. The van der Waals surface area contributed by atoms with Gasteiger partial charge in [0.2, 0.25) is 0 Å². The van der Waals surface area contributed by atoms with Crippen molar-refractivity contribution in [2.75, 3.05) is 23.7 Å². The van der Waals surface area contributed by atoms with E-state index in [4.69, 9.17) is 5.73 Å². The Morgan fingerprint density at radius 3 is 2.67 bits per heavy atom. The average molecular weight is 250 g/mol. The molecule has 4 heteroatoms. The maximum atomic E-state index is 6.28. The smallest absolute Gasteiger partial charge is 0.150 e. The van der Waals surface area contributed by atoms with E-state index in [0.29, 0.717) is 0 Å². The van der Waals surface area contributed by atoms with Gasteiger partial charge in [-0.1, -0.05) is 27.2 Å². The molecule has 0 amide bonds. The van der Waals surface area contributed by atoms with Gasteiger partial charge in [0, 0.05) is 20.1 Å². The van der Waals surface area contributed by atoms with Crippen LogP contribution in [0.4, 0.5) is 11.5 Å². The summed E-state index contributed by atoms with van der Waals surface area (Å²) in [5.41, 5.74) is 8.22. The van der Waals surface area contributed by atoms with Gasteiger partial charge in [-0.3, -0.25) is 4.68 Å². The maximum absolute atomic E-state index is 6.28. The number of anilines is 2. The zero-order chi connectivity index (χ0) is 13.3. The molecule has 18 heavy (non-hydrogen) atoms. The first kappa shape index (κ1) is 13.2. The summed E-state index contributed by atoms with van der Waals surface area (Å²) in [4.78, 5) is 2.41. The van der Waals surface area contributed by atoms with Gasteiger partial charge in [0.1, 0.15) is 5.82 Å². The Morgan fingerprint density at radius 2 is 2.06 bits per heavy atom. The molecule has 1 aliphatic rings. The van der Waals surface area contributed by atoms with Gasteiger partial charge in [-0.2, -0.15) is 5.10 Å². The number of hydrogen-bond donors (Lipinski definition) is 1. The predicted molar refractivity (Wildman–Crippen MR) is 76.8 cm³/mol. The van der Waals surface area contributed by atoms with Crippen LogP contribution >= 0.6 is 0 Å². The number of rotatable bonds is 3. The van der Waals surface area contributed by atoms with E-state index >= 15 is 0 Å². The van der Waals surface area contributed by atoms with Crippen molar-refractivity contribution < 1.29 is 0 Å². The minimum Gasteiger partial charge on any atom is -0.394 e. The second-order valence-electron chi connectivity index (χ2n) is 5.75. The summed E-state index contributed by atoms with van der Waals surface area (Å²) in [5, 5.41) is 4.57. The van der Waals surface area contributed by atoms with E-state index in [-0.39, 0.29) is 0 Å². The predicted octanol–water partition coefficient (Wildman–Crippen LogP) is 2.44. The molecular weight excluding hydrogens is 224 g/mol. The molecule has 2 N–H and O–H groups in total. The standard InChI is InChI=1S/C14H26N4/c1-5-6-12-13(15)14(17(4)16-12)18-8-7-10(2)11(3)9-18/h10-11H,5-9,15H2,1-4H3. The number of hydrogen-bond acceptors (Lipinski definition) is 3. The molecule has 1 aromatic rings. The van der Waals surface area contributed by atoms with E-state index < -0.39 is 0 Å². The van der Waals surface area contributed by atoms with Crippen LogP contribution in [-0.2, 0) is 13.5 Å². The highest BCUT2D eigenvalue weighted by Gasteiger charge is 2.26. The van der Waals surface area contributed by atoms with Gasteiger partial charge < -0.3 is 10.6 Å². The van der Waals surface area contributed by atoms with Gasteiger partial charge in [-0.25, -0.2) is 0 Å². The Kier molecular flexibility index (Phi) is 3.83. The van der Waals surface area contributed by atoms with Gasteiger partial charge >= 0.3 is 0 Å². The van der Waals surface area contributed by atoms with E-state index in [1.54, 1.807) is 0 Å². The minimum atomic E-state index is 0.725. The molecule has 1 aliphatic heterocycles. The SMILES string of the molecule is CCCc1nn(C)c(N2CCC(C)C(C)C2)c1N. The lowest BCUT2D eigenvalue weighted by atomic mass is 9.88. The third-order valence-corrected chi connectivity index (χ3v) is 4.25. The van der Waals surface area contributed by atoms with Gasteiger partial charge in [0.15, 0.2) is 0 Å². The third kappa shape index (κ3) is 2.33. The first-order chi connectivity index (χ1) is 8.54. The molecule has 102 valence electrons. The van der Waals surface area contributed by atoms with Crippen LogP contribution in [0.2, 0.25) is 0 Å². The summed E-state index contributed by atoms with van der Waals surface area (Å²) < 4.78 is 1.96. The molecule has 2 atom stereocenters. The second kappa shape index (κ2) is 5.21. The minimum absolute atomic E-state index is 0.725. The molecule has 2 rings (SSSR count). The van der Waals surface area contributed by atoms with Crippen LogP contribution in [0.15, 0.2) is 0 Å². The molecule has 0 radical (unpaired) electrons. The molecule has 0 aromatic carbocycles. The van der Waals surface area contributed by atoms with E-state index in [0.717, 1.165) is 55.0 Å². The highest BCUT2D eigenvalue weighted by atomic mass is 15.4. The fraction of sp³-hybridized carbons (Fsp3) is 0.786. The van der Waals surface area contributed by atoms with Gasteiger partial charge in [-0.15, -0.1) is 0 Å². The highest BCUT2D eigenvalue weighted by molar-refractivity contribution is 5.66. The van der Waals surface area contributed by atoms with Gasteiger partial charge in [0.25, 0.3) is 0 Å². The topological polar surface area (TPSA) is 47.1 Å². The molecule has 1 fully saturated rings. The Labute approximate surface area is 110 Å². The van der Waals surface area contributed by atoms with Crippen LogP contribution in [0.1, 0.15) is 39.3 Å². The van der Waals surface area contributed by atoms with Crippen molar-refractivity contribution in [1.29, 1.82) is 0 Å². The number of nitrogens with zero attached hydrogens (tertiary/aromatic N) is 3. The Hall–Kier alpha value is -1.19. The lowest BCUT2D eigenvalue weighted by Gasteiger charge is -2.36. The molecule has 0 spiro atoms. The third-order valence-electron chi connectivity index (χ3n) is 4.25. The number of aryl methyl sites for hydroxylation is 2. The Bertz CT molecular complexity index is 410. The van der Waals surface area contributed by atoms with Gasteiger partial charge in [0.05, 0.1) is 11.4 Å². The van der Waals surface area contributed by atoms with E-state index in [1.807, 2.05) is 11.7 Å². The largest absolute Gasteiger partial charge is 0.394 e. The number of nitrogens with two attached hydrogens (primary N) is 1. The molecule has 1 saturated heterocycles. The first-order valence-electron chi connectivity index (χ1n) is 7.10. The molecule has 0 aliphatic carbocycles. The van der Waals surface area contributed by atoms with Crippen molar-refractivity contribution in [1.82, 2.24) is 9.78 Å². The highest BCUT2D eigenvalue weighted by Crippen LogP contribution is 2.32. The quantitative estimate of drug-likeness (QED) is 0.896. The van der Waals surface area contributed by atoms with Crippen molar-refractivity contribution in [3.8, 4) is 0 Å². The number of aromatic nitrogens is 2. The van der Waals surface area contributed by atoms with Crippen LogP contribution in [-0.4, -0.2) is 22.9 Å². The average Bonchev–Trinajstić information content (AvgIpc) is 2.59. The normalized spacial score (nSPS) is 24.6. The summed E-state index contributed by atoms with van der Waals surface area (Å²) in [6.07, 6.45) is 3.31. The van der Waals surface area contributed by atoms with E-state index in [2.05, 4.69) is 30.8 Å². The molecular formula is C14H26N4. The lowest BCUT2D eigenvalue weighted by molar-refractivity contribution is 0.321. The monoisotopic (exact) mass is 250 g/mol. The van der Waals surface area contributed by atoms with Crippen molar-refractivity contribution in [2.45, 2.75) is 40.0 Å². The van der Waals surface area contributed by atoms with Crippen LogP contribution < -0.4 is 10.6 Å². The molecule has 1 aromatic heterocycles.